The first-order chi connectivity index (χ1) is 16.9. The number of rotatable bonds is 5. The van der Waals surface area contributed by atoms with Crippen molar-refractivity contribution in [2.45, 2.75) is 43.1 Å². The summed E-state index contributed by atoms with van der Waals surface area (Å²) in [6.07, 6.45) is 2.87. The van der Waals surface area contributed by atoms with Crippen LogP contribution in [0, 0.1) is 28.5 Å². The molecule has 3 amide bonds. The number of nitriles is 2. The molecule has 1 unspecified atom stereocenters. The summed E-state index contributed by atoms with van der Waals surface area (Å²) in [7, 11) is 0. The number of imide groups is 1. The Bertz CT molecular complexity index is 1270. The van der Waals surface area contributed by atoms with Crippen molar-refractivity contribution in [1.82, 2.24) is 15.1 Å². The first kappa shape index (κ1) is 23.0. The number of halogens is 1. The van der Waals surface area contributed by atoms with Crippen LogP contribution >= 0.6 is 0 Å². The fourth-order valence-corrected chi connectivity index (χ4v) is 5.87. The monoisotopic (exact) mass is 471 g/mol. The Morgan fingerprint density at radius 1 is 1.00 bits per heavy atom. The van der Waals surface area contributed by atoms with E-state index in [0.29, 0.717) is 69.4 Å². The molecule has 0 bridgehead atoms. The number of nitrogens with one attached hydrogen (secondary N) is 1. The molecule has 1 aliphatic carbocycles. The largest absolute Gasteiger partial charge is 0.325 e. The molecule has 5 rings (SSSR count). The van der Waals surface area contributed by atoms with Crippen LogP contribution in [0.3, 0.4) is 0 Å². The average Bonchev–Trinajstić information content (AvgIpc) is 3.36. The minimum Gasteiger partial charge on any atom is -0.319 e. The van der Waals surface area contributed by atoms with Gasteiger partial charge in [0.15, 0.2) is 0 Å². The molecule has 0 radical (unpaired) electrons. The number of carbonyl (C=O) groups is 2. The van der Waals surface area contributed by atoms with E-state index in [0.717, 1.165) is 11.1 Å². The maximum atomic E-state index is 13.6. The second-order valence-corrected chi connectivity index (χ2v) is 9.64. The van der Waals surface area contributed by atoms with Crippen molar-refractivity contribution in [3.8, 4) is 12.1 Å². The van der Waals surface area contributed by atoms with Crippen LogP contribution < -0.4 is 5.32 Å². The van der Waals surface area contributed by atoms with E-state index in [2.05, 4.69) is 22.4 Å². The van der Waals surface area contributed by atoms with E-state index in [1.54, 1.807) is 12.1 Å². The standard InChI is InChI=1S/C27H26FN5O2/c28-21-6-7-23-19(16-21)8-9-27(23)24(34)33(25(35)31-27)13-3-12-32-14-10-26(18-30,11-15-32)22-5-2-1-4-20(22)17-29/h1-2,4-7,16H,3,8-15H2,(H,31,35). The van der Waals surface area contributed by atoms with Crippen LogP contribution in [-0.2, 0) is 22.2 Å². The lowest BCUT2D eigenvalue weighted by atomic mass is 9.72. The van der Waals surface area contributed by atoms with Crippen LogP contribution in [0.2, 0.25) is 0 Å². The van der Waals surface area contributed by atoms with E-state index >= 15 is 0 Å². The van der Waals surface area contributed by atoms with Crippen molar-refractivity contribution in [1.29, 1.82) is 10.5 Å². The van der Waals surface area contributed by atoms with Crippen molar-refractivity contribution in [2.24, 2.45) is 0 Å². The van der Waals surface area contributed by atoms with E-state index in [1.807, 2.05) is 18.2 Å². The maximum Gasteiger partial charge on any atom is 0.325 e. The molecular formula is C27H26FN5O2. The second kappa shape index (κ2) is 8.79. The van der Waals surface area contributed by atoms with Crippen molar-refractivity contribution in [2.75, 3.05) is 26.2 Å². The molecule has 178 valence electrons. The quantitative estimate of drug-likeness (QED) is 0.674. The topological polar surface area (TPSA) is 100 Å². The van der Waals surface area contributed by atoms with Crippen LogP contribution in [0.1, 0.15) is 47.9 Å². The number of nitrogens with zero attached hydrogens (tertiary/aromatic N) is 4. The summed E-state index contributed by atoms with van der Waals surface area (Å²) in [5.41, 5.74) is 1.06. The van der Waals surface area contributed by atoms with Crippen LogP contribution in [0.4, 0.5) is 9.18 Å². The van der Waals surface area contributed by atoms with Crippen molar-refractivity contribution >= 4 is 11.9 Å². The Balaban J connectivity index is 1.19. The third kappa shape index (κ3) is 3.75. The highest BCUT2D eigenvalue weighted by Crippen LogP contribution is 2.42. The molecule has 1 atom stereocenters. The molecule has 3 aliphatic rings. The van der Waals surface area contributed by atoms with Gasteiger partial charge in [-0.25, -0.2) is 9.18 Å². The Morgan fingerprint density at radius 3 is 2.51 bits per heavy atom. The predicted molar refractivity (Wildman–Crippen MR) is 125 cm³/mol. The normalized spacial score (nSPS) is 23.1. The zero-order valence-corrected chi connectivity index (χ0v) is 19.4. The molecule has 35 heavy (non-hydrogen) atoms. The van der Waals surface area contributed by atoms with Crippen molar-refractivity contribution in [3.63, 3.8) is 0 Å². The van der Waals surface area contributed by atoms with Gasteiger partial charge in [-0.15, -0.1) is 0 Å². The van der Waals surface area contributed by atoms with Gasteiger partial charge in [0, 0.05) is 6.54 Å². The molecule has 2 heterocycles. The lowest BCUT2D eigenvalue weighted by Crippen LogP contribution is -2.44. The predicted octanol–water partition coefficient (Wildman–Crippen LogP) is 3.34. The highest BCUT2D eigenvalue weighted by molar-refractivity contribution is 6.08. The van der Waals surface area contributed by atoms with Crippen LogP contribution in [-0.4, -0.2) is 47.9 Å². The summed E-state index contributed by atoms with van der Waals surface area (Å²) < 4.78 is 13.6. The fraction of sp³-hybridized carbons (Fsp3) is 0.407. The van der Waals surface area contributed by atoms with Crippen LogP contribution in [0.5, 0.6) is 0 Å². The molecule has 7 nitrogen and oxygen atoms in total. The van der Waals surface area contributed by atoms with E-state index in [1.165, 1.54) is 17.0 Å². The first-order valence-corrected chi connectivity index (χ1v) is 12.0. The van der Waals surface area contributed by atoms with Crippen LogP contribution in [0.25, 0.3) is 0 Å². The lowest BCUT2D eigenvalue weighted by molar-refractivity contribution is -0.131. The number of urea groups is 1. The van der Waals surface area contributed by atoms with Gasteiger partial charge >= 0.3 is 6.03 Å². The number of hydrogen-bond acceptors (Lipinski definition) is 5. The summed E-state index contributed by atoms with van der Waals surface area (Å²) >= 11 is 0. The smallest absolute Gasteiger partial charge is 0.319 e. The number of amides is 3. The molecule has 2 aromatic carbocycles. The summed E-state index contributed by atoms with van der Waals surface area (Å²) in [6.45, 7) is 2.42. The number of fused-ring (bicyclic) bond motifs is 2. The van der Waals surface area contributed by atoms with Gasteiger partial charge in [0.05, 0.1) is 23.1 Å². The van der Waals surface area contributed by atoms with Gasteiger partial charge in [-0.3, -0.25) is 9.69 Å². The Hall–Kier alpha value is -3.75. The zero-order valence-electron chi connectivity index (χ0n) is 19.4. The Labute approximate surface area is 203 Å². The molecule has 2 aliphatic heterocycles. The number of likely N-dealkylation sites (tertiary alicyclic amines) is 1. The number of hydrogen-bond donors (Lipinski definition) is 1. The SMILES string of the molecule is N#Cc1ccccc1C1(C#N)CCN(CCCN2C(=O)NC3(CCc4cc(F)ccc43)C2=O)CC1. The van der Waals surface area contributed by atoms with Gasteiger partial charge in [0.25, 0.3) is 5.91 Å². The molecular weight excluding hydrogens is 445 g/mol. The maximum absolute atomic E-state index is 13.6. The molecule has 2 saturated heterocycles. The van der Waals surface area contributed by atoms with Gasteiger partial charge in [-0.2, -0.15) is 10.5 Å². The van der Waals surface area contributed by atoms with Crippen molar-refractivity contribution < 1.29 is 14.0 Å². The van der Waals surface area contributed by atoms with Crippen molar-refractivity contribution in [3.05, 3.63) is 70.5 Å². The van der Waals surface area contributed by atoms with Gasteiger partial charge in [0.2, 0.25) is 0 Å². The van der Waals surface area contributed by atoms with E-state index in [9.17, 15) is 24.5 Å². The molecule has 1 N–H and O–H groups in total. The van der Waals surface area contributed by atoms with Gasteiger partial charge < -0.3 is 10.2 Å². The van der Waals surface area contributed by atoms with Crippen LogP contribution in [0.15, 0.2) is 42.5 Å². The Kier molecular flexibility index (Phi) is 5.78. The zero-order chi connectivity index (χ0) is 24.6. The molecule has 2 aromatic rings. The highest BCUT2D eigenvalue weighted by atomic mass is 19.1. The summed E-state index contributed by atoms with van der Waals surface area (Å²) in [4.78, 5) is 29.5. The summed E-state index contributed by atoms with van der Waals surface area (Å²) in [6, 6.07) is 16.0. The molecule has 1 spiro atoms. The highest BCUT2D eigenvalue weighted by Gasteiger charge is 2.55. The van der Waals surface area contributed by atoms with Gasteiger partial charge in [0.1, 0.15) is 11.4 Å². The minimum atomic E-state index is -1.08. The Morgan fingerprint density at radius 2 is 1.77 bits per heavy atom. The molecule has 8 heteroatoms. The average molecular weight is 472 g/mol. The fourth-order valence-electron chi connectivity index (χ4n) is 5.87. The minimum absolute atomic E-state index is 0.261. The summed E-state index contributed by atoms with van der Waals surface area (Å²) in [5, 5.41) is 22.3. The van der Waals surface area contributed by atoms with Gasteiger partial charge in [-0.1, -0.05) is 24.3 Å². The van der Waals surface area contributed by atoms with E-state index in [4.69, 9.17) is 0 Å². The second-order valence-electron chi connectivity index (χ2n) is 9.64. The third-order valence-corrected chi connectivity index (χ3v) is 7.81. The lowest BCUT2D eigenvalue weighted by Gasteiger charge is -2.38. The number of carbonyl (C=O) groups excluding carboxylic acids is 2. The van der Waals surface area contributed by atoms with E-state index < -0.39 is 17.0 Å². The third-order valence-electron chi connectivity index (χ3n) is 7.81. The molecule has 2 fully saturated rings. The van der Waals surface area contributed by atoms with Gasteiger partial charge in [-0.05, 0) is 86.6 Å². The first-order valence-electron chi connectivity index (χ1n) is 12.0. The molecule has 0 saturated carbocycles. The van der Waals surface area contributed by atoms with E-state index in [-0.39, 0.29) is 11.7 Å². The number of piperidine rings is 1. The summed E-state index contributed by atoms with van der Waals surface area (Å²) in [5.74, 6) is -0.601. The number of aryl methyl sites for hydroxylation is 1. The number of benzene rings is 2. The molecule has 0 aromatic heterocycles.